The second-order valence-corrected chi connectivity index (χ2v) is 7.91. The molecule has 0 saturated heterocycles. The Labute approximate surface area is 180 Å². The van der Waals surface area contributed by atoms with E-state index < -0.39 is 10.0 Å². The van der Waals surface area contributed by atoms with Gasteiger partial charge in [0, 0.05) is 25.2 Å². The fraction of sp³-hybridized carbons (Fsp3) is 0.611. The summed E-state index contributed by atoms with van der Waals surface area (Å²) in [4.78, 5) is 4.59. The van der Waals surface area contributed by atoms with Gasteiger partial charge < -0.3 is 15.4 Å². The van der Waals surface area contributed by atoms with Gasteiger partial charge in [-0.2, -0.15) is 0 Å². The van der Waals surface area contributed by atoms with Crippen LogP contribution in [-0.4, -0.2) is 46.4 Å². The number of benzene rings is 1. The molecular formula is C18H33IN4O3S. The molecule has 0 radical (unpaired) electrons. The van der Waals surface area contributed by atoms with Gasteiger partial charge in [0.25, 0.3) is 0 Å². The van der Waals surface area contributed by atoms with Crippen molar-refractivity contribution in [2.45, 2.75) is 40.7 Å². The van der Waals surface area contributed by atoms with E-state index in [0.717, 1.165) is 23.4 Å². The van der Waals surface area contributed by atoms with E-state index in [0.29, 0.717) is 38.6 Å². The quantitative estimate of drug-likeness (QED) is 0.183. The second kappa shape index (κ2) is 14.0. The molecule has 1 aromatic rings. The van der Waals surface area contributed by atoms with Crippen LogP contribution in [0.3, 0.4) is 0 Å². The van der Waals surface area contributed by atoms with Gasteiger partial charge >= 0.3 is 0 Å². The maximum absolute atomic E-state index is 11.4. The summed E-state index contributed by atoms with van der Waals surface area (Å²) >= 11 is 0. The Morgan fingerprint density at radius 2 is 1.89 bits per heavy atom. The van der Waals surface area contributed by atoms with Gasteiger partial charge in [-0.3, -0.25) is 0 Å². The summed E-state index contributed by atoms with van der Waals surface area (Å²) in [7, 11) is -3.13. The van der Waals surface area contributed by atoms with Crippen molar-refractivity contribution < 1.29 is 13.2 Å². The molecule has 27 heavy (non-hydrogen) atoms. The van der Waals surface area contributed by atoms with Crippen LogP contribution >= 0.6 is 24.0 Å². The van der Waals surface area contributed by atoms with Crippen molar-refractivity contribution in [1.29, 1.82) is 0 Å². The number of aliphatic imine (C=N–C) groups is 1. The van der Waals surface area contributed by atoms with Gasteiger partial charge in [0.2, 0.25) is 10.0 Å². The molecule has 7 nitrogen and oxygen atoms in total. The van der Waals surface area contributed by atoms with Crippen molar-refractivity contribution in [3.05, 3.63) is 29.3 Å². The van der Waals surface area contributed by atoms with Crippen molar-refractivity contribution in [3.63, 3.8) is 0 Å². The van der Waals surface area contributed by atoms with Crippen LogP contribution in [0.5, 0.6) is 5.75 Å². The summed E-state index contributed by atoms with van der Waals surface area (Å²) in [5, 5.41) is 6.41. The average Bonchev–Trinajstić information content (AvgIpc) is 2.60. The topological polar surface area (TPSA) is 91.8 Å². The Kier molecular flexibility index (Phi) is 13.4. The summed E-state index contributed by atoms with van der Waals surface area (Å²) in [6.45, 7) is 10.5. The SMILES string of the molecule is CCNC(=NCc1ccc(C)cc1OCC)NCCCNS(=O)(=O)CC.I. The molecule has 156 valence electrons. The lowest BCUT2D eigenvalue weighted by Gasteiger charge is -2.13. The van der Waals surface area contributed by atoms with Crippen LogP contribution in [0.1, 0.15) is 38.3 Å². The Balaban J connectivity index is 0.00000676. The largest absolute Gasteiger partial charge is 0.494 e. The minimum Gasteiger partial charge on any atom is -0.494 e. The van der Waals surface area contributed by atoms with Gasteiger partial charge in [0.1, 0.15) is 5.75 Å². The zero-order valence-corrected chi connectivity index (χ0v) is 19.8. The van der Waals surface area contributed by atoms with Crippen LogP contribution in [0.4, 0.5) is 0 Å². The molecule has 0 spiro atoms. The number of ether oxygens (including phenoxy) is 1. The lowest BCUT2D eigenvalue weighted by atomic mass is 10.1. The van der Waals surface area contributed by atoms with Gasteiger partial charge in [-0.1, -0.05) is 12.1 Å². The fourth-order valence-electron chi connectivity index (χ4n) is 2.21. The molecule has 1 aromatic carbocycles. The van der Waals surface area contributed by atoms with Crippen molar-refractivity contribution in [1.82, 2.24) is 15.4 Å². The number of rotatable bonds is 11. The summed E-state index contributed by atoms with van der Waals surface area (Å²) < 4.78 is 31.0. The molecular weight excluding hydrogens is 479 g/mol. The number of hydrogen-bond donors (Lipinski definition) is 3. The predicted octanol–water partition coefficient (Wildman–Crippen LogP) is 2.40. The zero-order valence-electron chi connectivity index (χ0n) is 16.7. The van der Waals surface area contributed by atoms with Crippen LogP contribution in [0.25, 0.3) is 0 Å². The van der Waals surface area contributed by atoms with Crippen LogP contribution in [0.2, 0.25) is 0 Å². The number of aryl methyl sites for hydroxylation is 1. The first-order valence-electron chi connectivity index (χ1n) is 9.13. The predicted molar refractivity (Wildman–Crippen MR) is 123 cm³/mol. The molecule has 3 N–H and O–H groups in total. The number of sulfonamides is 1. The first kappa shape index (κ1) is 25.9. The van der Waals surface area contributed by atoms with Crippen molar-refractivity contribution >= 4 is 40.0 Å². The molecule has 0 aliphatic rings. The highest BCUT2D eigenvalue weighted by Crippen LogP contribution is 2.21. The van der Waals surface area contributed by atoms with E-state index in [9.17, 15) is 8.42 Å². The standard InChI is InChI=1S/C18H32N4O3S.HI/c1-5-19-18(20-11-8-12-22-26(23,24)7-3)21-14-16-10-9-15(4)13-17(16)25-6-2;/h9-10,13,22H,5-8,11-12,14H2,1-4H3,(H2,19,20,21);1H. The smallest absolute Gasteiger partial charge is 0.211 e. The number of nitrogens with one attached hydrogen (secondary N) is 3. The highest BCUT2D eigenvalue weighted by molar-refractivity contribution is 14.0. The molecule has 0 aliphatic heterocycles. The number of nitrogens with zero attached hydrogens (tertiary/aromatic N) is 1. The maximum atomic E-state index is 11.4. The van der Waals surface area contributed by atoms with Crippen LogP contribution in [-0.2, 0) is 16.6 Å². The maximum Gasteiger partial charge on any atom is 0.211 e. The highest BCUT2D eigenvalue weighted by atomic mass is 127. The van der Waals surface area contributed by atoms with E-state index in [4.69, 9.17) is 4.74 Å². The van der Waals surface area contributed by atoms with Crippen molar-refractivity contribution in [2.24, 2.45) is 4.99 Å². The molecule has 0 bridgehead atoms. The minimum absolute atomic E-state index is 0. The third-order valence-electron chi connectivity index (χ3n) is 3.62. The van der Waals surface area contributed by atoms with Crippen LogP contribution in [0, 0.1) is 6.92 Å². The molecule has 0 aromatic heterocycles. The van der Waals surface area contributed by atoms with Gasteiger partial charge in [0.15, 0.2) is 5.96 Å². The number of hydrogen-bond acceptors (Lipinski definition) is 4. The minimum atomic E-state index is -3.13. The molecule has 0 unspecified atom stereocenters. The van der Waals surface area contributed by atoms with Gasteiger partial charge in [-0.15, -0.1) is 24.0 Å². The summed E-state index contributed by atoms with van der Waals surface area (Å²) in [6.07, 6.45) is 0.679. The first-order valence-corrected chi connectivity index (χ1v) is 10.8. The third-order valence-corrected chi connectivity index (χ3v) is 5.03. The lowest BCUT2D eigenvalue weighted by molar-refractivity contribution is 0.336. The monoisotopic (exact) mass is 512 g/mol. The molecule has 0 heterocycles. The third kappa shape index (κ3) is 10.7. The molecule has 0 atom stereocenters. The van der Waals surface area contributed by atoms with Crippen molar-refractivity contribution in [3.8, 4) is 5.75 Å². The summed E-state index contributed by atoms with van der Waals surface area (Å²) in [6, 6.07) is 6.11. The first-order chi connectivity index (χ1) is 12.4. The molecule has 0 saturated carbocycles. The summed E-state index contributed by atoms with van der Waals surface area (Å²) in [5.74, 6) is 1.67. The number of guanidine groups is 1. The van der Waals surface area contributed by atoms with Gasteiger partial charge in [-0.05, 0) is 45.7 Å². The molecule has 1 rings (SSSR count). The highest BCUT2D eigenvalue weighted by Gasteiger charge is 2.06. The van der Waals surface area contributed by atoms with E-state index in [2.05, 4.69) is 20.3 Å². The fourth-order valence-corrected chi connectivity index (χ4v) is 2.87. The number of halogens is 1. The van der Waals surface area contributed by atoms with E-state index in [-0.39, 0.29) is 29.7 Å². The summed E-state index contributed by atoms with van der Waals surface area (Å²) in [5.41, 5.74) is 2.19. The molecule has 0 amide bonds. The zero-order chi connectivity index (χ0) is 19.4. The average molecular weight is 512 g/mol. The molecule has 0 fully saturated rings. The van der Waals surface area contributed by atoms with Crippen LogP contribution < -0.4 is 20.1 Å². The van der Waals surface area contributed by atoms with E-state index in [1.165, 1.54) is 0 Å². The van der Waals surface area contributed by atoms with Gasteiger partial charge in [0.05, 0.1) is 18.9 Å². The Hall–Kier alpha value is -1.07. The van der Waals surface area contributed by atoms with Gasteiger partial charge in [-0.25, -0.2) is 18.1 Å². The van der Waals surface area contributed by atoms with E-state index >= 15 is 0 Å². The molecule has 9 heteroatoms. The van der Waals surface area contributed by atoms with Crippen LogP contribution in [0.15, 0.2) is 23.2 Å². The Morgan fingerprint density at radius 1 is 1.15 bits per heavy atom. The van der Waals surface area contributed by atoms with E-state index in [1.54, 1.807) is 6.92 Å². The Bertz CT molecular complexity index is 681. The molecule has 0 aliphatic carbocycles. The lowest BCUT2D eigenvalue weighted by Crippen LogP contribution is -2.38. The van der Waals surface area contributed by atoms with Crippen molar-refractivity contribution in [2.75, 3.05) is 32.0 Å². The second-order valence-electron chi connectivity index (χ2n) is 5.82. The normalized spacial score (nSPS) is 11.6. The van der Waals surface area contributed by atoms with E-state index in [1.807, 2.05) is 39.0 Å². The Morgan fingerprint density at radius 3 is 2.52 bits per heavy atom.